The number of nitrogens with zero attached hydrogens (tertiary/aromatic N) is 1. The molecule has 2 aliphatic rings. The first-order valence-electron chi connectivity index (χ1n) is 6.50. The van der Waals surface area contributed by atoms with Crippen LogP contribution in [-0.4, -0.2) is 47.2 Å². The molecule has 1 N–H and O–H groups in total. The Balaban J connectivity index is 1.97. The monoisotopic (exact) mass is 255 g/mol. The molecule has 0 aromatic heterocycles. The Labute approximate surface area is 107 Å². The van der Waals surface area contributed by atoms with Crippen molar-refractivity contribution in [1.29, 1.82) is 0 Å². The summed E-state index contributed by atoms with van der Waals surface area (Å²) >= 11 is 0. The fourth-order valence-corrected chi connectivity index (χ4v) is 2.70. The minimum absolute atomic E-state index is 0.0477. The molecule has 0 spiro atoms. The van der Waals surface area contributed by atoms with E-state index in [0.29, 0.717) is 32.5 Å². The first-order valence-corrected chi connectivity index (χ1v) is 6.50. The average molecular weight is 255 g/mol. The first-order chi connectivity index (χ1) is 8.35. The van der Waals surface area contributed by atoms with E-state index in [1.165, 1.54) is 0 Å². The zero-order valence-electron chi connectivity index (χ0n) is 11.1. The molecule has 1 saturated carbocycles. The van der Waals surface area contributed by atoms with Gasteiger partial charge in [0.2, 0.25) is 5.91 Å². The Kier molecular flexibility index (Phi) is 3.36. The number of hydrogen-bond donors (Lipinski definition) is 1. The number of aliphatic carboxylic acids is 1. The van der Waals surface area contributed by atoms with Crippen LogP contribution in [0.4, 0.5) is 0 Å². The van der Waals surface area contributed by atoms with Gasteiger partial charge in [0.15, 0.2) is 0 Å². The van der Waals surface area contributed by atoms with Crippen molar-refractivity contribution in [2.24, 2.45) is 5.41 Å². The molecule has 1 aliphatic heterocycles. The smallest absolute Gasteiger partial charge is 0.310 e. The van der Waals surface area contributed by atoms with Crippen LogP contribution in [0.25, 0.3) is 0 Å². The Bertz CT molecular complexity index is 360. The number of carbonyl (C=O) groups is 2. The molecule has 0 atom stereocenters. The van der Waals surface area contributed by atoms with Gasteiger partial charge in [-0.3, -0.25) is 9.59 Å². The van der Waals surface area contributed by atoms with Gasteiger partial charge in [-0.25, -0.2) is 0 Å². The van der Waals surface area contributed by atoms with E-state index in [2.05, 4.69) is 0 Å². The van der Waals surface area contributed by atoms with E-state index in [9.17, 15) is 14.7 Å². The number of carboxylic acid groups (broad SMARTS) is 1. The summed E-state index contributed by atoms with van der Waals surface area (Å²) in [4.78, 5) is 25.2. The molecule has 5 nitrogen and oxygen atoms in total. The van der Waals surface area contributed by atoms with Crippen LogP contribution >= 0.6 is 0 Å². The summed E-state index contributed by atoms with van der Waals surface area (Å²) in [5.41, 5.74) is -1.12. The van der Waals surface area contributed by atoms with Crippen LogP contribution in [0.1, 0.15) is 39.5 Å². The van der Waals surface area contributed by atoms with Gasteiger partial charge >= 0.3 is 5.97 Å². The van der Waals surface area contributed by atoms with Crippen LogP contribution in [0.3, 0.4) is 0 Å². The van der Waals surface area contributed by atoms with Gasteiger partial charge < -0.3 is 14.7 Å². The number of carboxylic acids is 1. The summed E-state index contributed by atoms with van der Waals surface area (Å²) in [6, 6.07) is 0. The van der Waals surface area contributed by atoms with Crippen molar-refractivity contribution < 1.29 is 19.4 Å². The minimum Gasteiger partial charge on any atom is -0.481 e. The van der Waals surface area contributed by atoms with Crippen molar-refractivity contribution in [2.75, 3.05) is 19.7 Å². The third kappa shape index (κ3) is 2.51. The maximum atomic E-state index is 12.2. The first kappa shape index (κ1) is 13.3. The fourth-order valence-electron chi connectivity index (χ4n) is 2.70. The second-order valence-corrected chi connectivity index (χ2v) is 6.04. The Morgan fingerprint density at radius 2 is 2.00 bits per heavy atom. The minimum atomic E-state index is -0.824. The van der Waals surface area contributed by atoms with Gasteiger partial charge in [0.05, 0.1) is 17.6 Å². The van der Waals surface area contributed by atoms with Gasteiger partial charge in [-0.15, -0.1) is 0 Å². The topological polar surface area (TPSA) is 66.8 Å². The second kappa shape index (κ2) is 4.53. The lowest BCUT2D eigenvalue weighted by Gasteiger charge is -2.42. The van der Waals surface area contributed by atoms with Crippen LogP contribution in [0, 0.1) is 5.41 Å². The van der Waals surface area contributed by atoms with E-state index in [1.54, 1.807) is 4.90 Å². The molecule has 5 heteroatoms. The molecule has 0 radical (unpaired) electrons. The molecule has 102 valence electrons. The van der Waals surface area contributed by atoms with Crippen molar-refractivity contribution in [2.45, 2.75) is 45.1 Å². The lowest BCUT2D eigenvalue weighted by molar-refractivity contribution is -0.163. The normalized spacial score (nSPS) is 25.3. The molecular formula is C13H21NO4. The molecule has 0 bridgehead atoms. The fraction of sp³-hybridized carbons (Fsp3) is 0.846. The van der Waals surface area contributed by atoms with Crippen molar-refractivity contribution >= 4 is 11.9 Å². The zero-order chi connectivity index (χ0) is 13.4. The maximum Gasteiger partial charge on any atom is 0.310 e. The van der Waals surface area contributed by atoms with Gasteiger partial charge in [0.1, 0.15) is 0 Å². The molecule has 2 fully saturated rings. The highest BCUT2D eigenvalue weighted by atomic mass is 16.5. The Hall–Kier alpha value is -1.10. The van der Waals surface area contributed by atoms with Crippen LogP contribution in [0.15, 0.2) is 0 Å². The summed E-state index contributed by atoms with van der Waals surface area (Å²) in [6.07, 6.45) is 2.30. The van der Waals surface area contributed by atoms with Crippen LogP contribution in [0.2, 0.25) is 0 Å². The number of amides is 1. The summed E-state index contributed by atoms with van der Waals surface area (Å²) in [7, 11) is 0. The number of hydrogen-bond acceptors (Lipinski definition) is 3. The molecule has 1 saturated heterocycles. The largest absolute Gasteiger partial charge is 0.481 e. The zero-order valence-corrected chi connectivity index (χ0v) is 11.1. The molecule has 1 amide bonds. The van der Waals surface area contributed by atoms with Gasteiger partial charge in [-0.1, -0.05) is 6.42 Å². The molecule has 18 heavy (non-hydrogen) atoms. The van der Waals surface area contributed by atoms with Crippen LogP contribution < -0.4 is 0 Å². The quantitative estimate of drug-likeness (QED) is 0.824. The number of morpholine rings is 1. The lowest BCUT2D eigenvalue weighted by Crippen LogP contribution is -2.52. The molecule has 0 aromatic carbocycles. The third-order valence-electron chi connectivity index (χ3n) is 4.03. The lowest BCUT2D eigenvalue weighted by atomic mass is 9.66. The summed E-state index contributed by atoms with van der Waals surface area (Å²) in [5.74, 6) is -0.872. The molecule has 1 heterocycles. The highest BCUT2D eigenvalue weighted by molar-refractivity contribution is 5.85. The molecule has 0 aromatic rings. The SMILES string of the molecule is CC1(C)CN(C(=O)CC2(C(=O)O)CCC2)CCO1. The predicted octanol–water partition coefficient (Wildman–Crippen LogP) is 1.27. The molecular weight excluding hydrogens is 234 g/mol. The highest BCUT2D eigenvalue weighted by Crippen LogP contribution is 2.44. The van der Waals surface area contributed by atoms with Crippen LogP contribution in [-0.2, 0) is 14.3 Å². The number of rotatable bonds is 3. The summed E-state index contributed by atoms with van der Waals surface area (Å²) in [5, 5.41) is 9.24. The third-order valence-corrected chi connectivity index (χ3v) is 4.03. The van der Waals surface area contributed by atoms with E-state index >= 15 is 0 Å². The van der Waals surface area contributed by atoms with Crippen molar-refractivity contribution in [3.63, 3.8) is 0 Å². The molecule has 0 unspecified atom stereocenters. The average Bonchev–Trinajstić information content (AvgIpc) is 2.21. The van der Waals surface area contributed by atoms with E-state index in [4.69, 9.17) is 4.74 Å². The van der Waals surface area contributed by atoms with Gasteiger partial charge in [0.25, 0.3) is 0 Å². The summed E-state index contributed by atoms with van der Waals surface area (Å²) in [6.45, 7) is 5.53. The van der Waals surface area contributed by atoms with Crippen molar-refractivity contribution in [3.8, 4) is 0 Å². The predicted molar refractivity (Wildman–Crippen MR) is 65.1 cm³/mol. The van der Waals surface area contributed by atoms with Crippen molar-refractivity contribution in [3.05, 3.63) is 0 Å². The van der Waals surface area contributed by atoms with E-state index < -0.39 is 11.4 Å². The van der Waals surface area contributed by atoms with E-state index in [0.717, 1.165) is 6.42 Å². The van der Waals surface area contributed by atoms with Crippen LogP contribution in [0.5, 0.6) is 0 Å². The second-order valence-electron chi connectivity index (χ2n) is 6.04. The molecule has 1 aliphatic carbocycles. The van der Waals surface area contributed by atoms with Crippen molar-refractivity contribution in [1.82, 2.24) is 4.90 Å². The standard InChI is InChI=1S/C13H21NO4/c1-12(2)9-14(6-7-18-12)10(15)8-13(11(16)17)4-3-5-13/h3-9H2,1-2H3,(H,16,17). The molecule has 2 rings (SSSR count). The van der Waals surface area contributed by atoms with E-state index in [1.807, 2.05) is 13.8 Å². The number of ether oxygens (including phenoxy) is 1. The number of carbonyl (C=O) groups excluding carboxylic acids is 1. The van der Waals surface area contributed by atoms with E-state index in [-0.39, 0.29) is 17.9 Å². The Morgan fingerprint density at radius 1 is 1.33 bits per heavy atom. The highest BCUT2D eigenvalue weighted by Gasteiger charge is 2.47. The van der Waals surface area contributed by atoms with Gasteiger partial charge in [-0.2, -0.15) is 0 Å². The summed E-state index contributed by atoms with van der Waals surface area (Å²) < 4.78 is 5.55. The van der Waals surface area contributed by atoms with Gasteiger partial charge in [-0.05, 0) is 26.7 Å². The maximum absolute atomic E-state index is 12.2. The van der Waals surface area contributed by atoms with Gasteiger partial charge in [0, 0.05) is 19.5 Å². The Morgan fingerprint density at radius 3 is 2.44 bits per heavy atom.